The predicted molar refractivity (Wildman–Crippen MR) is 63.9 cm³/mol. The molecule has 0 fully saturated rings. The fourth-order valence-electron chi connectivity index (χ4n) is 1.16. The van der Waals surface area contributed by atoms with Crippen molar-refractivity contribution in [2.24, 2.45) is 0 Å². The quantitative estimate of drug-likeness (QED) is 0.715. The van der Waals surface area contributed by atoms with Gasteiger partial charge in [0.25, 0.3) is 5.91 Å². The number of nitrogens with zero attached hydrogens (tertiary/aromatic N) is 1. The van der Waals surface area contributed by atoms with Crippen LogP contribution >= 0.6 is 0 Å². The van der Waals surface area contributed by atoms with Crippen LogP contribution < -0.4 is 10.1 Å². The molecule has 1 atom stereocenters. The van der Waals surface area contributed by atoms with Gasteiger partial charge in [0.2, 0.25) is 0 Å². The summed E-state index contributed by atoms with van der Waals surface area (Å²) in [6.07, 6.45) is 3.10. The molecule has 1 rings (SSSR count). The number of nitrogens with one attached hydrogen (secondary N) is 1. The maximum absolute atomic E-state index is 11.8. The highest BCUT2D eigenvalue weighted by atomic mass is 16.5. The molecule has 92 valence electrons. The van der Waals surface area contributed by atoms with E-state index in [1.807, 2.05) is 0 Å². The average Bonchev–Trinajstić information content (AvgIpc) is 2.36. The molecule has 0 saturated heterocycles. The molecule has 0 aromatic carbocycles. The third kappa shape index (κ3) is 3.88. The molecule has 0 aliphatic carbocycles. The van der Waals surface area contributed by atoms with Crippen molar-refractivity contribution in [1.82, 2.24) is 10.3 Å². The van der Waals surface area contributed by atoms with E-state index in [0.717, 1.165) is 0 Å². The monoisotopic (exact) mass is 236 g/mol. The second-order valence-electron chi connectivity index (χ2n) is 3.51. The van der Waals surface area contributed by atoms with Gasteiger partial charge in [0.05, 0.1) is 6.61 Å². The van der Waals surface area contributed by atoms with E-state index >= 15 is 0 Å². The normalized spacial score (nSPS) is 11.6. The molecule has 0 aliphatic heterocycles. The van der Waals surface area contributed by atoms with Gasteiger partial charge in [0.1, 0.15) is 6.61 Å². The SMILES string of the molecule is C=CCOc1cccnc1C(=O)NC(C)CO. The lowest BCUT2D eigenvalue weighted by atomic mass is 10.2. The first kappa shape index (κ1) is 13.2. The first-order valence-electron chi connectivity index (χ1n) is 5.29. The lowest BCUT2D eigenvalue weighted by Crippen LogP contribution is -2.35. The standard InChI is InChI=1S/C12H16N2O3/c1-3-7-17-10-5-4-6-13-11(10)12(16)14-9(2)8-15/h3-6,9,15H,1,7-8H2,2H3,(H,14,16). The maximum Gasteiger partial charge on any atom is 0.274 e. The highest BCUT2D eigenvalue weighted by Crippen LogP contribution is 2.15. The maximum atomic E-state index is 11.8. The molecule has 1 heterocycles. The van der Waals surface area contributed by atoms with Crippen LogP contribution in [0, 0.1) is 0 Å². The molecule has 1 unspecified atom stereocenters. The lowest BCUT2D eigenvalue weighted by Gasteiger charge is -2.12. The van der Waals surface area contributed by atoms with Gasteiger partial charge in [0, 0.05) is 12.2 Å². The molecule has 0 radical (unpaired) electrons. The number of amides is 1. The van der Waals surface area contributed by atoms with E-state index in [1.54, 1.807) is 25.1 Å². The van der Waals surface area contributed by atoms with Gasteiger partial charge in [-0.2, -0.15) is 0 Å². The molecule has 2 N–H and O–H groups in total. The van der Waals surface area contributed by atoms with Crippen LogP contribution in [0.25, 0.3) is 0 Å². The number of aliphatic hydroxyl groups is 1. The summed E-state index contributed by atoms with van der Waals surface area (Å²) in [6.45, 7) is 5.42. The van der Waals surface area contributed by atoms with Crippen LogP contribution in [-0.4, -0.2) is 35.3 Å². The number of carbonyl (C=O) groups excluding carboxylic acids is 1. The highest BCUT2D eigenvalue weighted by Gasteiger charge is 2.15. The largest absolute Gasteiger partial charge is 0.487 e. The first-order valence-corrected chi connectivity index (χ1v) is 5.29. The van der Waals surface area contributed by atoms with E-state index in [4.69, 9.17) is 9.84 Å². The van der Waals surface area contributed by atoms with Crippen LogP contribution in [0.4, 0.5) is 0 Å². The molecule has 5 nitrogen and oxygen atoms in total. The topological polar surface area (TPSA) is 71.5 Å². The Morgan fingerprint density at radius 2 is 2.53 bits per heavy atom. The van der Waals surface area contributed by atoms with Gasteiger partial charge >= 0.3 is 0 Å². The average molecular weight is 236 g/mol. The van der Waals surface area contributed by atoms with Crippen molar-refractivity contribution in [2.75, 3.05) is 13.2 Å². The summed E-state index contributed by atoms with van der Waals surface area (Å²) in [4.78, 5) is 15.8. The van der Waals surface area contributed by atoms with Crippen molar-refractivity contribution in [3.63, 3.8) is 0 Å². The summed E-state index contributed by atoms with van der Waals surface area (Å²) >= 11 is 0. The summed E-state index contributed by atoms with van der Waals surface area (Å²) in [7, 11) is 0. The van der Waals surface area contributed by atoms with Crippen LogP contribution in [0.3, 0.4) is 0 Å². The fraction of sp³-hybridized carbons (Fsp3) is 0.333. The fourth-order valence-corrected chi connectivity index (χ4v) is 1.16. The third-order valence-corrected chi connectivity index (χ3v) is 1.99. The summed E-state index contributed by atoms with van der Waals surface area (Å²) in [6, 6.07) is 3.02. The van der Waals surface area contributed by atoms with Crippen molar-refractivity contribution in [3.05, 3.63) is 36.7 Å². The number of hydrogen-bond donors (Lipinski definition) is 2. The molecular formula is C12H16N2O3. The molecule has 1 aromatic rings. The second kappa shape index (κ2) is 6.65. The summed E-state index contributed by atoms with van der Waals surface area (Å²) in [5, 5.41) is 11.5. The third-order valence-electron chi connectivity index (χ3n) is 1.99. The molecule has 0 bridgehead atoms. The molecule has 0 saturated carbocycles. The second-order valence-corrected chi connectivity index (χ2v) is 3.51. The minimum absolute atomic E-state index is 0.124. The number of pyridine rings is 1. The van der Waals surface area contributed by atoms with Crippen molar-refractivity contribution >= 4 is 5.91 Å². The number of rotatable bonds is 6. The van der Waals surface area contributed by atoms with Crippen molar-refractivity contribution < 1.29 is 14.6 Å². The molecule has 1 aromatic heterocycles. The Kier molecular flexibility index (Phi) is 5.16. The van der Waals surface area contributed by atoms with Crippen LogP contribution in [0.1, 0.15) is 17.4 Å². The van der Waals surface area contributed by atoms with Gasteiger partial charge in [-0.25, -0.2) is 4.98 Å². The Hall–Kier alpha value is -1.88. The van der Waals surface area contributed by atoms with E-state index in [9.17, 15) is 4.79 Å². The summed E-state index contributed by atoms with van der Waals surface area (Å²) in [5.41, 5.74) is 0.203. The molecular weight excluding hydrogens is 220 g/mol. The molecule has 0 spiro atoms. The Bertz CT molecular complexity index is 393. The van der Waals surface area contributed by atoms with Crippen molar-refractivity contribution in [1.29, 1.82) is 0 Å². The Morgan fingerprint density at radius 1 is 1.76 bits per heavy atom. The van der Waals surface area contributed by atoms with Crippen LogP contribution in [0.5, 0.6) is 5.75 Å². The molecule has 1 amide bonds. The van der Waals surface area contributed by atoms with E-state index in [2.05, 4.69) is 16.9 Å². The number of ether oxygens (including phenoxy) is 1. The van der Waals surface area contributed by atoms with Crippen molar-refractivity contribution in [3.8, 4) is 5.75 Å². The molecule has 5 heteroatoms. The van der Waals surface area contributed by atoms with E-state index < -0.39 is 0 Å². The van der Waals surface area contributed by atoms with Crippen LogP contribution in [0.2, 0.25) is 0 Å². The highest BCUT2D eigenvalue weighted by molar-refractivity contribution is 5.95. The van der Waals surface area contributed by atoms with Crippen LogP contribution in [0.15, 0.2) is 31.0 Å². The Morgan fingerprint density at radius 3 is 3.18 bits per heavy atom. The first-order chi connectivity index (χ1) is 8.19. The Balaban J connectivity index is 2.80. The zero-order valence-corrected chi connectivity index (χ0v) is 9.72. The van der Waals surface area contributed by atoms with Gasteiger partial charge in [-0.3, -0.25) is 4.79 Å². The van der Waals surface area contributed by atoms with E-state index in [1.165, 1.54) is 6.20 Å². The van der Waals surface area contributed by atoms with Crippen molar-refractivity contribution in [2.45, 2.75) is 13.0 Å². The zero-order valence-electron chi connectivity index (χ0n) is 9.72. The number of aliphatic hydroxyl groups excluding tert-OH is 1. The van der Waals surface area contributed by atoms with E-state index in [-0.39, 0.29) is 24.2 Å². The summed E-state index contributed by atoms with van der Waals surface area (Å²) < 4.78 is 5.32. The number of hydrogen-bond acceptors (Lipinski definition) is 4. The van der Waals surface area contributed by atoms with Gasteiger partial charge in [0.15, 0.2) is 11.4 Å². The van der Waals surface area contributed by atoms with Gasteiger partial charge < -0.3 is 15.2 Å². The summed E-state index contributed by atoms with van der Waals surface area (Å²) in [5.74, 6) is 0.0289. The molecule has 17 heavy (non-hydrogen) atoms. The van der Waals surface area contributed by atoms with Gasteiger partial charge in [-0.15, -0.1) is 0 Å². The van der Waals surface area contributed by atoms with Gasteiger partial charge in [-0.05, 0) is 19.1 Å². The lowest BCUT2D eigenvalue weighted by molar-refractivity contribution is 0.0913. The number of carbonyl (C=O) groups is 1. The number of aromatic nitrogens is 1. The zero-order chi connectivity index (χ0) is 12.7. The minimum atomic E-state index is -0.369. The Labute approximate surface area is 100 Å². The van der Waals surface area contributed by atoms with Crippen LogP contribution in [-0.2, 0) is 0 Å². The van der Waals surface area contributed by atoms with Gasteiger partial charge in [-0.1, -0.05) is 12.7 Å². The smallest absolute Gasteiger partial charge is 0.274 e. The molecule has 0 aliphatic rings. The van der Waals surface area contributed by atoms with E-state index in [0.29, 0.717) is 12.4 Å². The predicted octanol–water partition coefficient (Wildman–Crippen LogP) is 0.757. The minimum Gasteiger partial charge on any atom is -0.487 e.